The number of hydrogen-bond donors (Lipinski definition) is 3. The lowest BCUT2D eigenvalue weighted by Crippen LogP contribution is -2.29. The van der Waals surface area contributed by atoms with Crippen LogP contribution in [0.4, 0.5) is 5.95 Å². The maximum absolute atomic E-state index is 12.1. The Labute approximate surface area is 143 Å². The first-order valence-electron chi connectivity index (χ1n) is 7.33. The second-order valence-corrected chi connectivity index (χ2v) is 5.37. The highest BCUT2D eigenvalue weighted by Crippen LogP contribution is 2.20. The number of aromatic nitrogens is 4. The van der Waals surface area contributed by atoms with Gasteiger partial charge in [0.05, 0.1) is 5.69 Å². The molecule has 2 aromatic heterocycles. The van der Waals surface area contributed by atoms with Gasteiger partial charge in [-0.25, -0.2) is 9.97 Å². The first kappa shape index (κ1) is 15.9. The number of halogens is 1. The number of carbonyl (C=O) groups is 1. The molecule has 3 aromatic rings. The van der Waals surface area contributed by atoms with Gasteiger partial charge in [-0.15, -0.1) is 0 Å². The van der Waals surface area contributed by atoms with Crippen molar-refractivity contribution in [2.45, 2.75) is 0 Å². The average Bonchev–Trinajstić information content (AvgIpc) is 3.10. The van der Waals surface area contributed by atoms with Crippen LogP contribution in [-0.2, 0) is 0 Å². The molecule has 1 aromatic carbocycles. The Morgan fingerprint density at radius 1 is 1.12 bits per heavy atom. The average molecular weight is 343 g/mol. The molecule has 0 atom stereocenters. The van der Waals surface area contributed by atoms with Crippen LogP contribution in [0.2, 0.25) is 5.02 Å². The second-order valence-electron chi connectivity index (χ2n) is 4.93. The molecule has 0 fully saturated rings. The molecule has 0 unspecified atom stereocenters. The molecule has 0 bridgehead atoms. The highest BCUT2D eigenvalue weighted by molar-refractivity contribution is 6.30. The van der Waals surface area contributed by atoms with Crippen LogP contribution in [0.25, 0.3) is 11.3 Å². The van der Waals surface area contributed by atoms with Crippen LogP contribution in [0.15, 0.2) is 48.8 Å². The summed E-state index contributed by atoms with van der Waals surface area (Å²) in [6, 6.07) is 10.7. The van der Waals surface area contributed by atoms with Crippen LogP contribution >= 0.6 is 11.6 Å². The Morgan fingerprint density at radius 3 is 2.62 bits per heavy atom. The van der Waals surface area contributed by atoms with Gasteiger partial charge in [0, 0.05) is 36.1 Å². The number of hydrogen-bond acceptors (Lipinski definition) is 5. The van der Waals surface area contributed by atoms with E-state index in [4.69, 9.17) is 11.6 Å². The largest absolute Gasteiger partial charge is 0.352 e. The number of rotatable bonds is 6. The monoisotopic (exact) mass is 342 g/mol. The Kier molecular flexibility index (Phi) is 5.02. The molecule has 2 heterocycles. The lowest BCUT2D eigenvalue weighted by molar-refractivity contribution is 0.0950. The van der Waals surface area contributed by atoms with Gasteiger partial charge in [0.15, 0.2) is 0 Å². The van der Waals surface area contributed by atoms with Crippen LogP contribution in [-0.4, -0.2) is 39.2 Å². The summed E-state index contributed by atoms with van der Waals surface area (Å²) in [5.74, 6) is 0.303. The molecular weight excluding hydrogens is 328 g/mol. The summed E-state index contributed by atoms with van der Waals surface area (Å²) in [4.78, 5) is 20.2. The fourth-order valence-electron chi connectivity index (χ4n) is 2.04. The lowest BCUT2D eigenvalue weighted by atomic mass is 10.1. The highest BCUT2D eigenvalue weighted by atomic mass is 35.5. The predicted molar refractivity (Wildman–Crippen MR) is 91.9 cm³/mol. The molecule has 0 spiro atoms. The lowest BCUT2D eigenvalue weighted by Gasteiger charge is -2.05. The minimum absolute atomic E-state index is 0.224. The van der Waals surface area contributed by atoms with Crippen LogP contribution in [0, 0.1) is 0 Å². The van der Waals surface area contributed by atoms with E-state index in [1.807, 2.05) is 12.1 Å². The third kappa shape index (κ3) is 4.08. The van der Waals surface area contributed by atoms with E-state index in [0.29, 0.717) is 35.4 Å². The Balaban J connectivity index is 1.51. The molecule has 7 nitrogen and oxygen atoms in total. The van der Waals surface area contributed by atoms with E-state index >= 15 is 0 Å². The Morgan fingerprint density at radius 2 is 1.88 bits per heavy atom. The summed E-state index contributed by atoms with van der Waals surface area (Å²) >= 11 is 5.86. The first-order chi connectivity index (χ1) is 11.7. The van der Waals surface area contributed by atoms with E-state index in [2.05, 4.69) is 30.8 Å². The van der Waals surface area contributed by atoms with Gasteiger partial charge < -0.3 is 10.6 Å². The smallest absolute Gasteiger partial charge is 0.269 e. The van der Waals surface area contributed by atoms with Crippen molar-refractivity contribution < 1.29 is 4.79 Å². The summed E-state index contributed by atoms with van der Waals surface area (Å²) in [5.41, 5.74) is 1.97. The first-order valence-corrected chi connectivity index (χ1v) is 7.70. The fraction of sp³-hybridized carbons (Fsp3) is 0.125. The molecule has 24 heavy (non-hydrogen) atoms. The SMILES string of the molecule is O=C(NCCNc1ncccn1)c1cc(-c2ccc(Cl)cc2)n[nH]1. The minimum Gasteiger partial charge on any atom is -0.352 e. The summed E-state index contributed by atoms with van der Waals surface area (Å²) in [6.45, 7) is 0.959. The van der Waals surface area contributed by atoms with Gasteiger partial charge >= 0.3 is 0 Å². The Bertz CT molecular complexity index is 803. The molecular formula is C16H15ClN6O. The molecule has 3 N–H and O–H groups in total. The molecule has 0 aliphatic rings. The number of amides is 1. The van der Waals surface area contributed by atoms with Crippen molar-refractivity contribution in [3.05, 3.63) is 59.5 Å². The van der Waals surface area contributed by atoms with Crippen molar-refractivity contribution in [1.82, 2.24) is 25.5 Å². The number of benzene rings is 1. The zero-order valence-electron chi connectivity index (χ0n) is 12.7. The van der Waals surface area contributed by atoms with E-state index < -0.39 is 0 Å². The zero-order valence-corrected chi connectivity index (χ0v) is 13.4. The molecule has 0 saturated carbocycles. The van der Waals surface area contributed by atoms with Gasteiger partial charge in [0.2, 0.25) is 5.95 Å². The number of anilines is 1. The van der Waals surface area contributed by atoms with Crippen molar-refractivity contribution in [1.29, 1.82) is 0 Å². The Hall–Kier alpha value is -2.93. The van der Waals surface area contributed by atoms with Crippen molar-refractivity contribution in [3.8, 4) is 11.3 Å². The van der Waals surface area contributed by atoms with E-state index in [0.717, 1.165) is 5.56 Å². The number of nitrogens with one attached hydrogen (secondary N) is 3. The molecule has 8 heteroatoms. The molecule has 0 saturated heterocycles. The molecule has 3 rings (SSSR count). The van der Waals surface area contributed by atoms with E-state index in [-0.39, 0.29) is 5.91 Å². The van der Waals surface area contributed by atoms with Crippen molar-refractivity contribution in [2.24, 2.45) is 0 Å². The topological polar surface area (TPSA) is 95.6 Å². The number of nitrogens with zero attached hydrogens (tertiary/aromatic N) is 3. The normalized spacial score (nSPS) is 10.4. The van der Waals surface area contributed by atoms with Crippen molar-refractivity contribution in [3.63, 3.8) is 0 Å². The minimum atomic E-state index is -0.224. The van der Waals surface area contributed by atoms with Gasteiger partial charge in [0.1, 0.15) is 5.69 Å². The molecule has 0 aliphatic carbocycles. The van der Waals surface area contributed by atoms with E-state index in [1.165, 1.54) is 0 Å². The van der Waals surface area contributed by atoms with Crippen molar-refractivity contribution >= 4 is 23.5 Å². The number of aromatic amines is 1. The van der Waals surface area contributed by atoms with Crippen LogP contribution < -0.4 is 10.6 Å². The quantitative estimate of drug-likeness (QED) is 0.598. The van der Waals surface area contributed by atoms with Gasteiger partial charge in [-0.1, -0.05) is 23.7 Å². The second kappa shape index (κ2) is 7.56. The zero-order chi connectivity index (χ0) is 16.8. The molecule has 0 aliphatic heterocycles. The molecule has 0 radical (unpaired) electrons. The third-order valence-corrected chi connectivity index (χ3v) is 3.47. The number of H-pyrrole nitrogens is 1. The standard InChI is InChI=1S/C16H15ClN6O/c17-12-4-2-11(3-5-12)13-10-14(23-22-13)15(24)18-8-9-21-16-19-6-1-7-20-16/h1-7,10H,8-9H2,(H,18,24)(H,22,23)(H,19,20,21). The predicted octanol–water partition coefficient (Wildman–Crippen LogP) is 2.36. The molecule has 122 valence electrons. The maximum Gasteiger partial charge on any atom is 0.269 e. The van der Waals surface area contributed by atoms with Crippen LogP contribution in [0.3, 0.4) is 0 Å². The van der Waals surface area contributed by atoms with Crippen LogP contribution in [0.1, 0.15) is 10.5 Å². The van der Waals surface area contributed by atoms with Crippen molar-refractivity contribution in [2.75, 3.05) is 18.4 Å². The van der Waals surface area contributed by atoms with Gasteiger partial charge in [-0.3, -0.25) is 9.89 Å². The summed E-state index contributed by atoms with van der Waals surface area (Å²) in [5, 5.41) is 13.3. The number of carbonyl (C=O) groups excluding carboxylic acids is 1. The summed E-state index contributed by atoms with van der Waals surface area (Å²) < 4.78 is 0. The van der Waals surface area contributed by atoms with Gasteiger partial charge in [0.25, 0.3) is 5.91 Å². The molecule has 1 amide bonds. The fourth-order valence-corrected chi connectivity index (χ4v) is 2.17. The van der Waals surface area contributed by atoms with Crippen LogP contribution in [0.5, 0.6) is 0 Å². The highest BCUT2D eigenvalue weighted by Gasteiger charge is 2.10. The summed E-state index contributed by atoms with van der Waals surface area (Å²) in [6.07, 6.45) is 3.30. The van der Waals surface area contributed by atoms with E-state index in [9.17, 15) is 4.79 Å². The third-order valence-electron chi connectivity index (χ3n) is 3.22. The van der Waals surface area contributed by atoms with Gasteiger partial charge in [-0.2, -0.15) is 5.10 Å². The van der Waals surface area contributed by atoms with Gasteiger partial charge in [-0.05, 0) is 24.3 Å². The maximum atomic E-state index is 12.1. The summed E-state index contributed by atoms with van der Waals surface area (Å²) in [7, 11) is 0. The van der Waals surface area contributed by atoms with E-state index in [1.54, 1.807) is 36.7 Å².